The highest BCUT2D eigenvalue weighted by molar-refractivity contribution is 5.87. The summed E-state index contributed by atoms with van der Waals surface area (Å²) in [5.41, 5.74) is 1.98. The molecule has 51 heavy (non-hydrogen) atoms. The number of aromatic nitrogens is 4. The number of halogens is 2. The molecule has 4 aromatic rings. The SMILES string of the molecule is O=C(N[C@H]1CCN([C@H]2CC[C@H](Oc3cc(-n4c(C(F)F)nc5ccccc54)nc(N4CCOCC4)n3)CC2)C1=O)OCCOCc1ccccc1. The minimum atomic E-state index is -2.82. The maximum atomic E-state index is 14.2. The number of alkyl halides is 2. The minimum Gasteiger partial charge on any atom is -0.474 e. The van der Waals surface area contributed by atoms with E-state index in [1.165, 1.54) is 4.57 Å². The second-order valence-corrected chi connectivity index (χ2v) is 12.8. The largest absolute Gasteiger partial charge is 0.474 e. The number of anilines is 1. The summed E-state index contributed by atoms with van der Waals surface area (Å²) < 4.78 is 52.6. The van der Waals surface area contributed by atoms with Crippen molar-refractivity contribution in [3.05, 3.63) is 72.1 Å². The lowest BCUT2D eigenvalue weighted by atomic mass is 9.92. The van der Waals surface area contributed by atoms with Crippen LogP contribution in [0, 0.1) is 0 Å². The molecule has 2 aromatic heterocycles. The van der Waals surface area contributed by atoms with E-state index in [0.29, 0.717) is 88.5 Å². The van der Waals surface area contributed by atoms with Crippen LogP contribution in [0.25, 0.3) is 16.9 Å². The van der Waals surface area contributed by atoms with Gasteiger partial charge in [-0.3, -0.25) is 9.36 Å². The molecule has 13 nitrogen and oxygen atoms in total. The monoisotopic (exact) mass is 705 g/mol. The van der Waals surface area contributed by atoms with Crippen molar-refractivity contribution in [3.63, 3.8) is 0 Å². The Morgan fingerprint density at radius 3 is 2.47 bits per heavy atom. The summed E-state index contributed by atoms with van der Waals surface area (Å²) in [5.74, 6) is 0.386. The van der Waals surface area contributed by atoms with E-state index in [9.17, 15) is 18.4 Å². The average molecular weight is 706 g/mol. The molecule has 0 bridgehead atoms. The molecular formula is C36H41F2N7O6. The molecule has 15 heteroatoms. The van der Waals surface area contributed by atoms with Gasteiger partial charge in [0.2, 0.25) is 17.7 Å². The first-order chi connectivity index (χ1) is 24.9. The molecule has 0 spiro atoms. The van der Waals surface area contributed by atoms with Gasteiger partial charge in [-0.25, -0.2) is 18.6 Å². The number of para-hydroxylation sites is 2. The molecule has 1 N–H and O–H groups in total. The molecule has 1 atom stereocenters. The van der Waals surface area contributed by atoms with Crippen LogP contribution in [-0.2, 0) is 25.6 Å². The molecule has 4 heterocycles. The Bertz CT molecular complexity index is 1800. The Morgan fingerprint density at radius 2 is 1.69 bits per heavy atom. The van der Waals surface area contributed by atoms with Crippen molar-refractivity contribution in [1.82, 2.24) is 29.7 Å². The topological polar surface area (TPSA) is 133 Å². The number of hydrogen-bond acceptors (Lipinski definition) is 10. The molecule has 2 amide bonds. The molecular weight excluding hydrogens is 664 g/mol. The Hall–Kier alpha value is -4.89. The van der Waals surface area contributed by atoms with E-state index in [4.69, 9.17) is 28.9 Å². The van der Waals surface area contributed by atoms with Gasteiger partial charge in [0, 0.05) is 31.7 Å². The average Bonchev–Trinajstić information content (AvgIpc) is 3.73. The standard InChI is InChI=1S/C36H41F2N7O6/c37-32(38)33-39-27-8-4-5-9-29(27)45(33)30-22-31(42-35(41-30)43-16-18-48-19-17-43)51-26-12-10-25(11-13-26)44-15-14-28(34(44)46)40-36(47)50-21-20-49-23-24-6-2-1-3-7-24/h1-9,22,25-26,28,32H,10-21,23H2,(H,40,47)/t25-,26-,28-/m0/s1. The van der Waals surface area contributed by atoms with Crippen molar-refractivity contribution in [2.45, 2.75) is 63.3 Å². The van der Waals surface area contributed by atoms with Crippen LogP contribution in [0.5, 0.6) is 5.88 Å². The first kappa shape index (κ1) is 34.6. The lowest BCUT2D eigenvalue weighted by molar-refractivity contribution is -0.132. The van der Waals surface area contributed by atoms with Gasteiger partial charge in [-0.05, 0) is 49.8 Å². The number of carbonyl (C=O) groups is 2. The molecule has 7 rings (SSSR count). The van der Waals surface area contributed by atoms with E-state index >= 15 is 0 Å². The number of ether oxygens (including phenoxy) is 4. The summed E-state index contributed by atoms with van der Waals surface area (Å²) in [5, 5.41) is 2.71. The van der Waals surface area contributed by atoms with Gasteiger partial charge >= 0.3 is 6.09 Å². The smallest absolute Gasteiger partial charge is 0.407 e. The van der Waals surface area contributed by atoms with Crippen molar-refractivity contribution in [1.29, 1.82) is 0 Å². The summed E-state index contributed by atoms with van der Waals surface area (Å²) in [6.07, 6.45) is -0.392. The molecule has 3 aliphatic rings. The zero-order valence-corrected chi connectivity index (χ0v) is 28.2. The number of amides is 2. The fourth-order valence-corrected chi connectivity index (χ4v) is 6.90. The van der Waals surface area contributed by atoms with Crippen molar-refractivity contribution in [2.24, 2.45) is 0 Å². The number of carbonyl (C=O) groups excluding carboxylic acids is 2. The number of benzene rings is 2. The number of likely N-dealkylation sites (tertiary alicyclic amines) is 1. The minimum absolute atomic E-state index is 0.0161. The molecule has 2 aromatic carbocycles. The maximum Gasteiger partial charge on any atom is 0.407 e. The lowest BCUT2D eigenvalue weighted by Gasteiger charge is -2.34. The van der Waals surface area contributed by atoms with Crippen molar-refractivity contribution in [3.8, 4) is 11.7 Å². The van der Waals surface area contributed by atoms with E-state index in [-0.39, 0.29) is 43.0 Å². The third-order valence-corrected chi connectivity index (χ3v) is 9.46. The predicted octanol–water partition coefficient (Wildman–Crippen LogP) is 4.82. The van der Waals surface area contributed by atoms with Crippen molar-refractivity contribution >= 4 is 29.0 Å². The molecule has 270 valence electrons. The quantitative estimate of drug-likeness (QED) is 0.205. The number of rotatable bonds is 12. The third-order valence-electron chi connectivity index (χ3n) is 9.46. The molecule has 2 aliphatic heterocycles. The van der Waals surface area contributed by atoms with Gasteiger partial charge in [-0.2, -0.15) is 9.97 Å². The zero-order chi connectivity index (χ0) is 35.2. The molecule has 0 unspecified atom stereocenters. The van der Waals surface area contributed by atoms with E-state index in [1.807, 2.05) is 40.1 Å². The molecule has 1 aliphatic carbocycles. The summed E-state index contributed by atoms with van der Waals surface area (Å²) in [7, 11) is 0. The lowest BCUT2D eigenvalue weighted by Crippen LogP contribution is -2.46. The molecule has 3 fully saturated rings. The summed E-state index contributed by atoms with van der Waals surface area (Å²) in [6, 6.07) is 17.6. The molecule has 0 radical (unpaired) electrons. The van der Waals surface area contributed by atoms with Gasteiger partial charge in [0.25, 0.3) is 6.43 Å². The number of nitrogens with one attached hydrogen (secondary N) is 1. The van der Waals surface area contributed by atoms with Crippen LogP contribution >= 0.6 is 0 Å². The highest BCUT2D eigenvalue weighted by Crippen LogP contribution is 2.32. The van der Waals surface area contributed by atoms with Crippen molar-refractivity contribution < 1.29 is 37.3 Å². The first-order valence-electron chi connectivity index (χ1n) is 17.4. The number of morpholine rings is 1. The van der Waals surface area contributed by atoms with Gasteiger partial charge in [0.1, 0.15) is 24.6 Å². The zero-order valence-electron chi connectivity index (χ0n) is 28.2. The summed E-state index contributed by atoms with van der Waals surface area (Å²) in [6.45, 7) is 3.42. The number of hydrogen-bond donors (Lipinski definition) is 1. The van der Waals surface area contributed by atoms with E-state index in [1.54, 1.807) is 30.3 Å². The van der Waals surface area contributed by atoms with Gasteiger partial charge in [0.05, 0.1) is 37.5 Å². The van der Waals surface area contributed by atoms with Crippen LogP contribution in [-0.4, -0.2) is 101 Å². The molecule has 1 saturated carbocycles. The Kier molecular flexibility index (Phi) is 10.8. The van der Waals surface area contributed by atoms with Gasteiger partial charge in [-0.1, -0.05) is 42.5 Å². The molecule has 2 saturated heterocycles. The fraction of sp³-hybridized carbons (Fsp3) is 0.472. The second kappa shape index (κ2) is 16.0. The highest BCUT2D eigenvalue weighted by Gasteiger charge is 2.39. The Morgan fingerprint density at radius 1 is 0.922 bits per heavy atom. The van der Waals surface area contributed by atoms with Gasteiger partial charge in [-0.15, -0.1) is 0 Å². The number of fused-ring (bicyclic) bond motifs is 1. The third kappa shape index (κ3) is 8.20. The predicted molar refractivity (Wildman–Crippen MR) is 182 cm³/mol. The van der Waals surface area contributed by atoms with Crippen LogP contribution < -0.4 is 15.0 Å². The van der Waals surface area contributed by atoms with Crippen molar-refractivity contribution in [2.75, 3.05) is 51.0 Å². The van der Waals surface area contributed by atoms with Crippen LogP contribution in [0.4, 0.5) is 19.5 Å². The Balaban J connectivity index is 0.949. The number of nitrogens with zero attached hydrogens (tertiary/aromatic N) is 6. The van der Waals surface area contributed by atoms with Crippen LogP contribution in [0.15, 0.2) is 60.7 Å². The van der Waals surface area contributed by atoms with Crippen LogP contribution in [0.3, 0.4) is 0 Å². The first-order valence-corrected chi connectivity index (χ1v) is 17.4. The highest BCUT2D eigenvalue weighted by atomic mass is 19.3. The number of alkyl carbamates (subject to hydrolysis) is 1. The van der Waals surface area contributed by atoms with E-state index in [2.05, 4.69) is 10.3 Å². The fourth-order valence-electron chi connectivity index (χ4n) is 6.90. The second-order valence-electron chi connectivity index (χ2n) is 12.8. The van der Waals surface area contributed by atoms with Gasteiger partial charge in [0.15, 0.2) is 5.82 Å². The van der Waals surface area contributed by atoms with E-state index in [0.717, 1.165) is 5.56 Å². The van der Waals surface area contributed by atoms with Crippen LogP contribution in [0.2, 0.25) is 0 Å². The summed E-state index contributed by atoms with van der Waals surface area (Å²) in [4.78, 5) is 43.0. The Labute approximate surface area is 293 Å². The summed E-state index contributed by atoms with van der Waals surface area (Å²) >= 11 is 0. The van der Waals surface area contributed by atoms with E-state index < -0.39 is 24.4 Å². The normalized spacial score (nSPS) is 21.0. The van der Waals surface area contributed by atoms with Gasteiger partial charge < -0.3 is 34.1 Å². The van der Waals surface area contributed by atoms with Crippen LogP contribution in [0.1, 0.15) is 49.9 Å². The number of imidazole rings is 1. The maximum absolute atomic E-state index is 14.2.